The second kappa shape index (κ2) is 12.7. The molecule has 2 heterocycles. The molecule has 3 atom stereocenters. The van der Waals surface area contributed by atoms with Crippen LogP contribution in [0.2, 0.25) is 0 Å². The Morgan fingerprint density at radius 1 is 0.977 bits per heavy atom. The number of carbonyl (C=O) groups excluding carboxylic acids is 4. The zero-order valence-electron chi connectivity index (χ0n) is 24.7. The van der Waals surface area contributed by atoms with Gasteiger partial charge in [0.05, 0.1) is 18.2 Å². The lowest BCUT2D eigenvalue weighted by atomic mass is 9.91. The van der Waals surface area contributed by atoms with Gasteiger partial charge in [0.2, 0.25) is 17.5 Å². The molecule has 2 fully saturated rings. The highest BCUT2D eigenvalue weighted by atomic mass is 32.2. The number of nitrogens with zero attached hydrogens (tertiary/aromatic N) is 1. The molecule has 0 radical (unpaired) electrons. The largest absolute Gasteiger partial charge is 0.449 e. The molecule has 0 aliphatic carbocycles. The number of β-lactam (4-membered cyclic amide) rings is 1. The van der Waals surface area contributed by atoms with Crippen LogP contribution >= 0.6 is 11.8 Å². The third-order valence-electron chi connectivity index (χ3n) is 7.29. The SMILES string of the molecule is CC(C)(C)OC(=O)Nc1ccccc1CC(=O)NC1C(=O)N2C1CSCC2(O)C(=O)OC(c1ccccc1)c1ccccc1. The van der Waals surface area contributed by atoms with Gasteiger partial charge in [0.1, 0.15) is 11.6 Å². The third kappa shape index (κ3) is 6.74. The first-order chi connectivity index (χ1) is 21.0. The van der Waals surface area contributed by atoms with Gasteiger partial charge in [-0.3, -0.25) is 19.8 Å². The number of fused-ring (bicyclic) bond motifs is 1. The Hall–Kier alpha value is -4.35. The van der Waals surface area contributed by atoms with E-state index in [0.29, 0.717) is 17.0 Å². The zero-order chi connectivity index (χ0) is 31.5. The van der Waals surface area contributed by atoms with Crippen molar-refractivity contribution < 1.29 is 33.8 Å². The van der Waals surface area contributed by atoms with E-state index in [1.807, 2.05) is 60.7 Å². The number of para-hydroxylation sites is 1. The molecule has 2 aliphatic heterocycles. The van der Waals surface area contributed by atoms with Gasteiger partial charge >= 0.3 is 12.1 Å². The number of thioether (sulfide) groups is 1. The van der Waals surface area contributed by atoms with E-state index in [9.17, 15) is 24.3 Å². The van der Waals surface area contributed by atoms with Crippen LogP contribution in [0, 0.1) is 0 Å². The summed E-state index contributed by atoms with van der Waals surface area (Å²) in [7, 11) is 0. The third-order valence-corrected chi connectivity index (χ3v) is 8.47. The highest BCUT2D eigenvalue weighted by molar-refractivity contribution is 7.99. The van der Waals surface area contributed by atoms with Gasteiger partial charge in [-0.05, 0) is 43.5 Å². The molecular weight excluding hydrogens is 582 g/mol. The normalized spacial score (nSPS) is 21.1. The molecule has 230 valence electrons. The molecule has 0 bridgehead atoms. The maximum Gasteiger partial charge on any atom is 0.412 e. The van der Waals surface area contributed by atoms with Gasteiger partial charge in [-0.15, -0.1) is 0 Å². The fourth-order valence-corrected chi connectivity index (χ4v) is 6.51. The van der Waals surface area contributed by atoms with Crippen molar-refractivity contribution in [1.29, 1.82) is 0 Å². The summed E-state index contributed by atoms with van der Waals surface area (Å²) >= 11 is 1.31. The molecule has 0 saturated carbocycles. The van der Waals surface area contributed by atoms with E-state index in [1.165, 1.54) is 11.8 Å². The minimum Gasteiger partial charge on any atom is -0.449 e. The maximum atomic E-state index is 13.6. The fraction of sp³-hybridized carbons (Fsp3) is 0.333. The number of esters is 1. The van der Waals surface area contributed by atoms with Crippen molar-refractivity contribution in [3.63, 3.8) is 0 Å². The Balaban J connectivity index is 1.26. The Kier molecular flexibility index (Phi) is 8.98. The summed E-state index contributed by atoms with van der Waals surface area (Å²) in [4.78, 5) is 53.4. The van der Waals surface area contributed by atoms with E-state index >= 15 is 0 Å². The number of nitrogens with one attached hydrogen (secondary N) is 2. The van der Waals surface area contributed by atoms with Crippen LogP contribution < -0.4 is 10.6 Å². The van der Waals surface area contributed by atoms with E-state index in [0.717, 1.165) is 16.0 Å². The van der Waals surface area contributed by atoms with Crippen LogP contribution in [0.5, 0.6) is 0 Å². The van der Waals surface area contributed by atoms with Crippen molar-refractivity contribution in [2.24, 2.45) is 0 Å². The number of anilines is 1. The van der Waals surface area contributed by atoms with Crippen LogP contribution in [0.25, 0.3) is 0 Å². The van der Waals surface area contributed by atoms with Crippen molar-refractivity contribution in [2.45, 2.75) is 56.7 Å². The number of amides is 3. The van der Waals surface area contributed by atoms with Crippen LogP contribution in [0.15, 0.2) is 84.9 Å². The minimum atomic E-state index is -2.20. The number of benzene rings is 3. The lowest BCUT2D eigenvalue weighted by molar-refractivity contribution is -0.211. The van der Waals surface area contributed by atoms with Crippen molar-refractivity contribution >= 4 is 41.3 Å². The molecule has 3 amide bonds. The first kappa shape index (κ1) is 31.1. The van der Waals surface area contributed by atoms with Crippen LogP contribution in [0.3, 0.4) is 0 Å². The van der Waals surface area contributed by atoms with Gasteiger partial charge in [-0.25, -0.2) is 9.59 Å². The number of hydrogen-bond acceptors (Lipinski definition) is 8. The average Bonchev–Trinajstić information content (AvgIpc) is 2.99. The molecule has 2 saturated heterocycles. The van der Waals surface area contributed by atoms with Gasteiger partial charge in [0, 0.05) is 11.4 Å². The highest BCUT2D eigenvalue weighted by Crippen LogP contribution is 2.40. The van der Waals surface area contributed by atoms with Gasteiger partial charge in [-0.1, -0.05) is 78.9 Å². The lowest BCUT2D eigenvalue weighted by Gasteiger charge is -2.55. The van der Waals surface area contributed by atoms with E-state index in [1.54, 1.807) is 45.0 Å². The molecule has 3 N–H and O–H groups in total. The molecule has 5 rings (SSSR count). The second-order valence-corrected chi connectivity index (χ2v) is 12.8. The zero-order valence-corrected chi connectivity index (χ0v) is 25.5. The fourth-order valence-electron chi connectivity index (χ4n) is 5.27. The first-order valence-electron chi connectivity index (χ1n) is 14.3. The summed E-state index contributed by atoms with van der Waals surface area (Å²) in [6, 6.07) is 23.6. The van der Waals surface area contributed by atoms with E-state index < -0.39 is 53.4 Å². The van der Waals surface area contributed by atoms with Crippen LogP contribution in [-0.4, -0.2) is 68.8 Å². The Labute approximate surface area is 260 Å². The average molecular weight is 618 g/mol. The number of ether oxygens (including phenoxy) is 2. The molecule has 3 aromatic rings. The Morgan fingerprint density at radius 3 is 2.18 bits per heavy atom. The van der Waals surface area contributed by atoms with E-state index in [4.69, 9.17) is 9.47 Å². The van der Waals surface area contributed by atoms with Gasteiger partial charge in [-0.2, -0.15) is 11.8 Å². The van der Waals surface area contributed by atoms with Gasteiger partial charge in [0.15, 0.2) is 6.10 Å². The van der Waals surface area contributed by atoms with Crippen LogP contribution in [-0.2, 0) is 30.3 Å². The molecule has 11 heteroatoms. The van der Waals surface area contributed by atoms with Crippen molar-refractivity contribution in [3.8, 4) is 0 Å². The Bertz CT molecular complexity index is 1490. The quantitative estimate of drug-likeness (QED) is 0.255. The van der Waals surface area contributed by atoms with E-state index in [2.05, 4.69) is 10.6 Å². The summed E-state index contributed by atoms with van der Waals surface area (Å²) in [5.41, 5.74) is -0.504. The number of rotatable bonds is 8. The van der Waals surface area contributed by atoms with Gasteiger partial charge < -0.3 is 19.9 Å². The lowest BCUT2D eigenvalue weighted by Crippen LogP contribution is -2.81. The summed E-state index contributed by atoms with van der Waals surface area (Å²) in [6.45, 7) is 5.25. The monoisotopic (exact) mass is 617 g/mol. The molecule has 0 aromatic heterocycles. The molecule has 44 heavy (non-hydrogen) atoms. The van der Waals surface area contributed by atoms with Crippen LogP contribution in [0.4, 0.5) is 10.5 Å². The molecule has 0 spiro atoms. The number of carbonyl (C=O) groups is 4. The van der Waals surface area contributed by atoms with Crippen LogP contribution in [0.1, 0.15) is 43.6 Å². The predicted octanol–water partition coefficient (Wildman–Crippen LogP) is 4.04. The number of hydrogen-bond donors (Lipinski definition) is 3. The van der Waals surface area contributed by atoms with Gasteiger partial charge in [0.25, 0.3) is 0 Å². The minimum absolute atomic E-state index is 0.0608. The first-order valence-corrected chi connectivity index (χ1v) is 15.4. The standard InChI is InChI=1S/C33H35N3O7S/c1-32(2,3)43-31(40)34-24-17-11-10-16-23(24)18-26(37)35-27-25-19-44-20-33(41,36(25)29(27)38)30(39)42-28(21-12-6-4-7-13-21)22-14-8-5-9-15-22/h4-17,25,27-28,41H,18-20H2,1-3H3,(H,34,40)(H,35,37). The van der Waals surface area contributed by atoms with Crippen molar-refractivity contribution in [2.75, 3.05) is 16.8 Å². The van der Waals surface area contributed by atoms with Crippen molar-refractivity contribution in [1.82, 2.24) is 10.2 Å². The summed E-state index contributed by atoms with van der Waals surface area (Å²) in [5, 5.41) is 17.0. The van der Waals surface area contributed by atoms with E-state index in [-0.39, 0.29) is 12.2 Å². The highest BCUT2D eigenvalue weighted by Gasteiger charge is 2.62. The summed E-state index contributed by atoms with van der Waals surface area (Å²) in [5.74, 6) is -1.60. The molecular formula is C33H35N3O7S. The number of aliphatic hydroxyl groups is 1. The van der Waals surface area contributed by atoms with Crippen molar-refractivity contribution in [3.05, 3.63) is 102 Å². The predicted molar refractivity (Wildman–Crippen MR) is 166 cm³/mol. The smallest absolute Gasteiger partial charge is 0.412 e. The molecule has 3 unspecified atom stereocenters. The Morgan fingerprint density at radius 2 is 1.57 bits per heavy atom. The summed E-state index contributed by atoms with van der Waals surface area (Å²) in [6.07, 6.45) is -1.56. The molecule has 10 nitrogen and oxygen atoms in total. The second-order valence-electron chi connectivity index (χ2n) is 11.7. The molecule has 3 aromatic carbocycles. The topological polar surface area (TPSA) is 134 Å². The summed E-state index contributed by atoms with van der Waals surface area (Å²) < 4.78 is 11.2. The molecule has 2 aliphatic rings. The maximum absolute atomic E-state index is 13.6.